The van der Waals surface area contributed by atoms with Gasteiger partial charge in [0.15, 0.2) is 0 Å². The van der Waals surface area contributed by atoms with Crippen molar-refractivity contribution in [2.24, 2.45) is 0 Å². The maximum absolute atomic E-state index is 10.6. The topological polar surface area (TPSA) is 43.1 Å². The van der Waals surface area contributed by atoms with E-state index in [1.807, 2.05) is 6.92 Å². The zero-order valence-electron chi connectivity index (χ0n) is 9.50. The van der Waals surface area contributed by atoms with Crippen LogP contribution in [0.5, 0.6) is 0 Å². The first-order chi connectivity index (χ1) is 6.72. The molecule has 0 bridgehead atoms. The van der Waals surface area contributed by atoms with Gasteiger partial charge in [-0.3, -0.25) is 10.1 Å². The zero-order chi connectivity index (χ0) is 10.8. The predicted molar refractivity (Wildman–Crippen MR) is 59.1 cm³/mol. The molecule has 1 unspecified atom stereocenters. The maximum Gasteiger partial charge on any atom is 0.213 e. The van der Waals surface area contributed by atoms with Crippen LogP contribution in [0, 0.1) is 10.1 Å². The second-order valence-corrected chi connectivity index (χ2v) is 3.93. The Labute approximate surface area is 87.0 Å². The largest absolute Gasteiger partial charge is 0.264 e. The van der Waals surface area contributed by atoms with Crippen LogP contribution in [0.1, 0.15) is 65.2 Å². The first-order valence-electron chi connectivity index (χ1n) is 5.85. The highest BCUT2D eigenvalue weighted by Crippen LogP contribution is 2.12. The standard InChI is InChI=1S/C11H23NO2/c1-3-5-6-7-8-10-11(9-4-2)12(13)14/h11H,3-10H2,1-2H3. The molecule has 0 aliphatic carbocycles. The van der Waals surface area contributed by atoms with Gasteiger partial charge in [-0.2, -0.15) is 0 Å². The van der Waals surface area contributed by atoms with E-state index in [9.17, 15) is 10.1 Å². The smallest absolute Gasteiger partial charge is 0.213 e. The summed E-state index contributed by atoms with van der Waals surface area (Å²) in [6, 6.07) is -0.290. The third-order valence-corrected chi connectivity index (χ3v) is 2.56. The van der Waals surface area contributed by atoms with E-state index in [1.54, 1.807) is 0 Å². The molecule has 0 fully saturated rings. The monoisotopic (exact) mass is 201 g/mol. The minimum Gasteiger partial charge on any atom is -0.264 e. The normalized spacial score (nSPS) is 12.7. The number of unbranched alkanes of at least 4 members (excludes halogenated alkanes) is 4. The van der Waals surface area contributed by atoms with E-state index >= 15 is 0 Å². The Hall–Kier alpha value is -0.600. The number of hydrogen-bond acceptors (Lipinski definition) is 2. The minimum atomic E-state index is -0.290. The van der Waals surface area contributed by atoms with Gasteiger partial charge >= 0.3 is 0 Å². The van der Waals surface area contributed by atoms with Gasteiger partial charge in [-0.15, -0.1) is 0 Å². The summed E-state index contributed by atoms with van der Waals surface area (Å²) in [5.41, 5.74) is 0. The van der Waals surface area contributed by atoms with Crippen molar-refractivity contribution in [1.29, 1.82) is 0 Å². The van der Waals surface area contributed by atoms with Gasteiger partial charge in [0.05, 0.1) is 0 Å². The Kier molecular flexibility index (Phi) is 8.59. The fraction of sp³-hybridized carbons (Fsp3) is 1.00. The van der Waals surface area contributed by atoms with Crippen molar-refractivity contribution in [3.8, 4) is 0 Å². The number of nitrogens with zero attached hydrogens (tertiary/aromatic N) is 1. The van der Waals surface area contributed by atoms with Crippen LogP contribution >= 0.6 is 0 Å². The summed E-state index contributed by atoms with van der Waals surface area (Å²) in [4.78, 5) is 10.5. The number of nitro groups is 1. The van der Waals surface area contributed by atoms with Gasteiger partial charge in [-0.25, -0.2) is 0 Å². The van der Waals surface area contributed by atoms with Gasteiger partial charge in [-0.1, -0.05) is 39.5 Å². The van der Waals surface area contributed by atoms with Crippen LogP contribution in [-0.2, 0) is 0 Å². The van der Waals surface area contributed by atoms with Crippen molar-refractivity contribution in [1.82, 2.24) is 0 Å². The first kappa shape index (κ1) is 13.4. The Bertz CT molecular complexity index is 148. The van der Waals surface area contributed by atoms with Crippen molar-refractivity contribution in [2.75, 3.05) is 0 Å². The molecule has 14 heavy (non-hydrogen) atoms. The summed E-state index contributed by atoms with van der Waals surface area (Å²) in [5, 5.41) is 10.6. The van der Waals surface area contributed by atoms with Crippen molar-refractivity contribution < 1.29 is 4.92 Å². The first-order valence-corrected chi connectivity index (χ1v) is 5.85. The van der Waals surface area contributed by atoms with Crippen molar-refractivity contribution >= 4 is 0 Å². The van der Waals surface area contributed by atoms with Crippen molar-refractivity contribution in [2.45, 2.75) is 71.3 Å². The van der Waals surface area contributed by atoms with E-state index in [-0.39, 0.29) is 11.0 Å². The molecule has 0 spiro atoms. The number of rotatable bonds is 9. The molecule has 0 aliphatic rings. The van der Waals surface area contributed by atoms with Crippen LogP contribution in [0.15, 0.2) is 0 Å². The van der Waals surface area contributed by atoms with Gasteiger partial charge in [-0.05, 0) is 12.8 Å². The Morgan fingerprint density at radius 3 is 2.14 bits per heavy atom. The van der Waals surface area contributed by atoms with E-state index in [1.165, 1.54) is 19.3 Å². The minimum absolute atomic E-state index is 0.108. The molecule has 0 amide bonds. The highest BCUT2D eigenvalue weighted by Gasteiger charge is 2.17. The molecule has 0 aromatic heterocycles. The summed E-state index contributed by atoms with van der Waals surface area (Å²) in [5.74, 6) is 0. The summed E-state index contributed by atoms with van der Waals surface area (Å²) in [6.07, 6.45) is 8.32. The number of hydrogen-bond donors (Lipinski definition) is 0. The SMILES string of the molecule is CCCCCCCC(CCC)[N+](=O)[O-]. The molecule has 0 N–H and O–H groups in total. The van der Waals surface area contributed by atoms with E-state index in [4.69, 9.17) is 0 Å². The fourth-order valence-electron chi connectivity index (χ4n) is 1.67. The Morgan fingerprint density at radius 1 is 1.00 bits per heavy atom. The third kappa shape index (κ3) is 6.87. The molecule has 1 atom stereocenters. The lowest BCUT2D eigenvalue weighted by Gasteiger charge is -2.07. The quantitative estimate of drug-likeness (QED) is 0.323. The van der Waals surface area contributed by atoms with Crippen LogP contribution in [-0.4, -0.2) is 11.0 Å². The molecule has 3 nitrogen and oxygen atoms in total. The van der Waals surface area contributed by atoms with Gasteiger partial charge < -0.3 is 0 Å². The molecule has 0 saturated heterocycles. The lowest BCUT2D eigenvalue weighted by atomic mass is 10.0. The average molecular weight is 201 g/mol. The lowest BCUT2D eigenvalue weighted by molar-refractivity contribution is -0.524. The average Bonchev–Trinajstić information content (AvgIpc) is 2.15. The van der Waals surface area contributed by atoms with Crippen LogP contribution in [0.25, 0.3) is 0 Å². The second kappa shape index (κ2) is 8.97. The van der Waals surface area contributed by atoms with Crippen LogP contribution < -0.4 is 0 Å². The van der Waals surface area contributed by atoms with E-state index < -0.39 is 0 Å². The van der Waals surface area contributed by atoms with Gasteiger partial charge in [0.1, 0.15) is 0 Å². The summed E-state index contributed by atoms with van der Waals surface area (Å²) < 4.78 is 0. The molecular formula is C11H23NO2. The molecule has 0 aromatic carbocycles. The van der Waals surface area contributed by atoms with Crippen molar-refractivity contribution in [3.05, 3.63) is 10.1 Å². The molecule has 0 rings (SSSR count). The summed E-state index contributed by atoms with van der Waals surface area (Å²) in [7, 11) is 0. The molecule has 3 heteroatoms. The van der Waals surface area contributed by atoms with Gasteiger partial charge in [0, 0.05) is 17.8 Å². The molecule has 84 valence electrons. The molecule has 0 radical (unpaired) electrons. The highest BCUT2D eigenvalue weighted by molar-refractivity contribution is 4.56. The van der Waals surface area contributed by atoms with Crippen LogP contribution in [0.3, 0.4) is 0 Å². The van der Waals surface area contributed by atoms with Crippen LogP contribution in [0.2, 0.25) is 0 Å². The van der Waals surface area contributed by atoms with Crippen molar-refractivity contribution in [3.63, 3.8) is 0 Å². The summed E-state index contributed by atoms with van der Waals surface area (Å²) >= 11 is 0. The predicted octanol–water partition coefficient (Wildman–Crippen LogP) is 3.79. The molecule has 0 aliphatic heterocycles. The summed E-state index contributed by atoms with van der Waals surface area (Å²) in [6.45, 7) is 4.19. The van der Waals surface area contributed by atoms with Crippen LogP contribution in [0.4, 0.5) is 0 Å². The molecule has 0 heterocycles. The Morgan fingerprint density at radius 2 is 1.64 bits per heavy atom. The van der Waals surface area contributed by atoms with E-state index in [2.05, 4.69) is 6.92 Å². The molecule has 0 saturated carbocycles. The van der Waals surface area contributed by atoms with Gasteiger partial charge in [0.2, 0.25) is 6.04 Å². The van der Waals surface area contributed by atoms with Gasteiger partial charge in [0.25, 0.3) is 0 Å². The molecular weight excluding hydrogens is 178 g/mol. The highest BCUT2D eigenvalue weighted by atomic mass is 16.6. The second-order valence-electron chi connectivity index (χ2n) is 3.93. The fourth-order valence-corrected chi connectivity index (χ4v) is 1.67. The Balaban J connectivity index is 3.46. The lowest BCUT2D eigenvalue weighted by Crippen LogP contribution is -2.18. The van der Waals surface area contributed by atoms with E-state index in [0.29, 0.717) is 0 Å². The molecule has 0 aromatic rings. The maximum atomic E-state index is 10.6. The van der Waals surface area contributed by atoms with E-state index in [0.717, 1.165) is 32.1 Å². The third-order valence-electron chi connectivity index (χ3n) is 2.56. The zero-order valence-corrected chi connectivity index (χ0v) is 9.50.